The Balaban J connectivity index is 1.75. The van der Waals surface area contributed by atoms with Crippen molar-refractivity contribution >= 4 is 29.4 Å². The van der Waals surface area contributed by atoms with Crippen LogP contribution in [0.2, 0.25) is 0 Å². The minimum atomic E-state index is -1.23. The molecule has 0 radical (unpaired) electrons. The molecule has 0 saturated heterocycles. The van der Waals surface area contributed by atoms with Crippen LogP contribution in [0.1, 0.15) is 38.2 Å². The van der Waals surface area contributed by atoms with Crippen LogP contribution in [0.5, 0.6) is 5.75 Å². The summed E-state index contributed by atoms with van der Waals surface area (Å²) >= 11 is 0. The fraction of sp³-hybridized carbons (Fsp3) is 0.0370. The lowest BCUT2D eigenvalue weighted by atomic mass is 9.97. The van der Waals surface area contributed by atoms with Gasteiger partial charge in [0.2, 0.25) is 11.7 Å². The van der Waals surface area contributed by atoms with Crippen LogP contribution in [-0.2, 0) is 9.53 Å². The fourth-order valence-electron chi connectivity index (χ4n) is 3.79. The van der Waals surface area contributed by atoms with Crippen molar-refractivity contribution < 1.29 is 33.4 Å². The first kappa shape index (κ1) is 24.9. The summed E-state index contributed by atoms with van der Waals surface area (Å²) < 4.78 is 10.7. The maximum atomic E-state index is 13.2. The van der Waals surface area contributed by atoms with Crippen molar-refractivity contribution in [2.75, 3.05) is 5.32 Å². The molecular weight excluding hydrogens is 478 g/mol. The normalized spacial score (nSPS) is 10.4. The Morgan fingerprint density at radius 1 is 0.865 bits per heavy atom. The molecule has 2 amide bonds. The van der Waals surface area contributed by atoms with E-state index < -0.39 is 40.6 Å². The Bertz CT molecular complexity index is 1500. The molecule has 0 spiro atoms. The number of hydrazine groups is 1. The van der Waals surface area contributed by atoms with Gasteiger partial charge in [0.05, 0.1) is 16.8 Å². The number of benzene rings is 3. The Morgan fingerprint density at radius 2 is 1.49 bits per heavy atom. The third kappa shape index (κ3) is 5.09. The zero-order valence-electron chi connectivity index (χ0n) is 19.5. The number of phenols is 1. The van der Waals surface area contributed by atoms with Crippen molar-refractivity contribution in [3.63, 3.8) is 0 Å². The first-order valence-corrected chi connectivity index (χ1v) is 10.9. The average molecular weight is 499 g/mol. The second kappa shape index (κ2) is 10.6. The fourth-order valence-corrected chi connectivity index (χ4v) is 3.79. The number of esters is 2. The lowest BCUT2D eigenvalue weighted by Crippen LogP contribution is -2.33. The number of nitrogens with two attached hydrogens (primary N) is 1. The van der Waals surface area contributed by atoms with Gasteiger partial charge in [0.15, 0.2) is 0 Å². The second-order valence-corrected chi connectivity index (χ2v) is 7.80. The molecule has 0 saturated carbocycles. The van der Waals surface area contributed by atoms with E-state index in [1.807, 2.05) is 41.8 Å². The molecule has 1 aromatic heterocycles. The molecule has 10 heteroatoms. The van der Waals surface area contributed by atoms with Crippen LogP contribution < -0.4 is 16.6 Å². The lowest BCUT2D eigenvalue weighted by Gasteiger charge is -2.14. The van der Waals surface area contributed by atoms with Gasteiger partial charge in [-0.3, -0.25) is 15.0 Å². The highest BCUT2D eigenvalue weighted by Gasteiger charge is 2.30. The van der Waals surface area contributed by atoms with Crippen molar-refractivity contribution in [2.45, 2.75) is 6.92 Å². The molecule has 0 aliphatic heterocycles. The van der Waals surface area contributed by atoms with Crippen LogP contribution in [-0.4, -0.2) is 28.9 Å². The summed E-state index contributed by atoms with van der Waals surface area (Å²) in [5.74, 6) is 0.526. The van der Waals surface area contributed by atoms with E-state index in [9.17, 15) is 24.3 Å². The van der Waals surface area contributed by atoms with E-state index in [-0.39, 0.29) is 11.4 Å². The molecule has 186 valence electrons. The van der Waals surface area contributed by atoms with Crippen LogP contribution in [0.25, 0.3) is 22.3 Å². The number of ether oxygens (including phenoxy) is 1. The predicted octanol–water partition coefficient (Wildman–Crippen LogP) is 3.88. The number of amides is 2. The topological polar surface area (TPSA) is 161 Å². The molecule has 0 bridgehead atoms. The molecule has 3 aromatic carbocycles. The van der Waals surface area contributed by atoms with Crippen molar-refractivity contribution in [1.82, 2.24) is 5.43 Å². The summed E-state index contributed by atoms with van der Waals surface area (Å²) in [6.45, 7) is 1.14. The molecule has 4 aromatic rings. The lowest BCUT2D eigenvalue weighted by molar-refractivity contribution is -0.114. The highest BCUT2D eigenvalue weighted by Crippen LogP contribution is 2.37. The maximum Gasteiger partial charge on any atom is 0.382 e. The molecule has 0 atom stereocenters. The number of hydrogen-bond donors (Lipinski definition) is 4. The van der Waals surface area contributed by atoms with E-state index in [0.717, 1.165) is 24.6 Å². The zero-order chi connectivity index (χ0) is 26.5. The van der Waals surface area contributed by atoms with Crippen LogP contribution in [0.4, 0.5) is 5.69 Å². The van der Waals surface area contributed by atoms with Crippen LogP contribution in [0.15, 0.2) is 83.5 Å². The van der Waals surface area contributed by atoms with Gasteiger partial charge < -0.3 is 19.6 Å². The monoisotopic (exact) mass is 499 g/mol. The highest BCUT2D eigenvalue weighted by molar-refractivity contribution is 6.14. The number of furan rings is 1. The van der Waals surface area contributed by atoms with Crippen molar-refractivity contribution in [3.05, 3.63) is 95.9 Å². The van der Waals surface area contributed by atoms with E-state index >= 15 is 0 Å². The second-order valence-electron chi connectivity index (χ2n) is 7.80. The predicted molar refractivity (Wildman–Crippen MR) is 133 cm³/mol. The highest BCUT2D eigenvalue weighted by atomic mass is 16.6. The Morgan fingerprint density at radius 3 is 2.08 bits per heavy atom. The summed E-state index contributed by atoms with van der Waals surface area (Å²) in [6, 6.07) is 20.3. The van der Waals surface area contributed by atoms with Gasteiger partial charge >= 0.3 is 11.9 Å². The van der Waals surface area contributed by atoms with Gasteiger partial charge in [-0.15, -0.1) is 0 Å². The largest absolute Gasteiger partial charge is 0.506 e. The van der Waals surface area contributed by atoms with Gasteiger partial charge in [0, 0.05) is 18.1 Å². The quantitative estimate of drug-likeness (QED) is 0.0776. The number of nitrogens with one attached hydrogen (secondary N) is 2. The molecule has 37 heavy (non-hydrogen) atoms. The number of nitrogen functional groups attached to an aromatic ring is 1. The van der Waals surface area contributed by atoms with Gasteiger partial charge in [-0.05, 0) is 23.3 Å². The first-order valence-electron chi connectivity index (χ1n) is 10.9. The minimum Gasteiger partial charge on any atom is -0.506 e. The van der Waals surface area contributed by atoms with E-state index in [0.29, 0.717) is 16.7 Å². The average Bonchev–Trinajstić information content (AvgIpc) is 3.35. The third-order valence-electron chi connectivity index (χ3n) is 5.37. The minimum absolute atomic E-state index is 0.232. The molecule has 0 aliphatic rings. The molecule has 5 N–H and O–H groups in total. The van der Waals surface area contributed by atoms with Gasteiger partial charge in [0.1, 0.15) is 12.0 Å². The van der Waals surface area contributed by atoms with Crippen molar-refractivity contribution in [3.8, 4) is 28.0 Å². The van der Waals surface area contributed by atoms with E-state index in [1.54, 1.807) is 24.3 Å². The van der Waals surface area contributed by atoms with Gasteiger partial charge in [-0.25, -0.2) is 15.4 Å². The summed E-state index contributed by atoms with van der Waals surface area (Å²) in [4.78, 5) is 50.2. The van der Waals surface area contributed by atoms with Gasteiger partial charge in [-0.2, -0.15) is 0 Å². The summed E-state index contributed by atoms with van der Waals surface area (Å²) in [5.41, 5.74) is 3.01. The Kier molecular flexibility index (Phi) is 7.12. The van der Waals surface area contributed by atoms with Gasteiger partial charge in [-0.1, -0.05) is 60.7 Å². The number of aromatic hydroxyl groups is 1. The summed E-state index contributed by atoms with van der Waals surface area (Å²) in [7, 11) is 0. The molecule has 10 nitrogen and oxygen atoms in total. The Labute approximate surface area is 210 Å². The molecule has 0 fully saturated rings. The van der Waals surface area contributed by atoms with E-state index in [2.05, 4.69) is 5.32 Å². The number of phenolic OH excluding ortho intramolecular Hbond substituents is 1. The van der Waals surface area contributed by atoms with Crippen molar-refractivity contribution in [2.24, 2.45) is 5.84 Å². The standard InChI is InChI=1S/C27H21N3O7/c1-15(31)29-23-20(32)13-12-18(22(23)25(33)30-28)26(34)37-27(35)24-21(17-10-6-3-7-11-17)19(14-36-24)16-8-4-2-5-9-16/h2-14,32H,28H2,1H3,(H,29,31)(H,30,33). The SMILES string of the molecule is CC(=O)Nc1c(O)ccc(C(=O)OC(=O)c2occ(-c3ccccc3)c2-c2ccccc2)c1C(=O)NN. The number of hydrogen-bond acceptors (Lipinski definition) is 8. The molecule has 0 aliphatic carbocycles. The smallest absolute Gasteiger partial charge is 0.382 e. The summed E-state index contributed by atoms with van der Waals surface area (Å²) in [6.07, 6.45) is 1.39. The van der Waals surface area contributed by atoms with Crippen molar-refractivity contribution in [1.29, 1.82) is 0 Å². The molecule has 0 unspecified atom stereocenters. The van der Waals surface area contributed by atoms with Crippen LogP contribution in [0, 0.1) is 0 Å². The number of carbonyl (C=O) groups is 4. The number of carbonyl (C=O) groups excluding carboxylic acids is 4. The van der Waals surface area contributed by atoms with Gasteiger partial charge in [0.25, 0.3) is 5.91 Å². The van der Waals surface area contributed by atoms with E-state index in [4.69, 9.17) is 15.0 Å². The zero-order valence-corrected chi connectivity index (χ0v) is 19.5. The molecule has 4 rings (SSSR count). The molecule has 1 heterocycles. The Hall–Kier alpha value is -5.22. The van der Waals surface area contributed by atoms with E-state index in [1.165, 1.54) is 6.26 Å². The first-order chi connectivity index (χ1) is 17.8. The molecular formula is C27H21N3O7. The van der Waals surface area contributed by atoms with Crippen LogP contribution >= 0.6 is 0 Å². The number of rotatable bonds is 6. The maximum absolute atomic E-state index is 13.2. The third-order valence-corrected chi connectivity index (χ3v) is 5.37. The number of anilines is 1. The summed E-state index contributed by atoms with van der Waals surface area (Å²) in [5, 5.41) is 12.4. The van der Waals surface area contributed by atoms with Crippen LogP contribution in [0.3, 0.4) is 0 Å².